The molecule has 0 saturated heterocycles. The second kappa shape index (κ2) is 10.7. The van der Waals surface area contributed by atoms with Gasteiger partial charge in [0.05, 0.1) is 12.2 Å². The van der Waals surface area contributed by atoms with Gasteiger partial charge in [-0.3, -0.25) is 9.59 Å². The van der Waals surface area contributed by atoms with E-state index in [2.05, 4.69) is 10.3 Å². The summed E-state index contributed by atoms with van der Waals surface area (Å²) in [6, 6.07) is 20.4. The summed E-state index contributed by atoms with van der Waals surface area (Å²) in [5.74, 6) is 1.38. The number of pyridine rings is 1. The monoisotopic (exact) mass is 392 g/mol. The minimum atomic E-state index is -0.227. The Kier molecular flexibility index (Phi) is 7.46. The minimum Gasteiger partial charge on any atom is -0.494 e. The molecule has 0 saturated carbocycles. The number of carbonyl (C=O) groups excluding carboxylic acids is 1. The molecule has 6 heteroatoms. The van der Waals surface area contributed by atoms with Crippen molar-refractivity contribution in [3.63, 3.8) is 0 Å². The van der Waals surface area contributed by atoms with E-state index in [1.807, 2.05) is 54.6 Å². The van der Waals surface area contributed by atoms with Gasteiger partial charge >= 0.3 is 0 Å². The van der Waals surface area contributed by atoms with Crippen LogP contribution in [-0.2, 0) is 6.61 Å². The highest BCUT2D eigenvalue weighted by atomic mass is 16.5. The van der Waals surface area contributed by atoms with Crippen LogP contribution in [0.4, 0.5) is 0 Å². The number of amides is 1. The Balaban J connectivity index is 1.30. The van der Waals surface area contributed by atoms with Crippen molar-refractivity contribution < 1.29 is 14.3 Å². The molecule has 0 bridgehead atoms. The summed E-state index contributed by atoms with van der Waals surface area (Å²) in [4.78, 5) is 25.4. The van der Waals surface area contributed by atoms with E-state index in [0.717, 1.165) is 29.9 Å². The van der Waals surface area contributed by atoms with Crippen molar-refractivity contribution >= 4 is 5.91 Å². The van der Waals surface area contributed by atoms with Crippen LogP contribution < -0.4 is 20.3 Å². The number of aromatic amines is 1. The first-order chi connectivity index (χ1) is 14.2. The Morgan fingerprint density at radius 2 is 1.59 bits per heavy atom. The third kappa shape index (κ3) is 6.84. The molecule has 2 aromatic carbocycles. The third-order valence-corrected chi connectivity index (χ3v) is 4.24. The molecule has 0 aliphatic carbocycles. The van der Waals surface area contributed by atoms with E-state index in [0.29, 0.717) is 25.3 Å². The third-order valence-electron chi connectivity index (χ3n) is 4.24. The smallest absolute Gasteiger partial charge is 0.252 e. The quantitative estimate of drug-likeness (QED) is 0.517. The zero-order chi connectivity index (χ0) is 20.3. The minimum absolute atomic E-state index is 0.201. The van der Waals surface area contributed by atoms with Crippen molar-refractivity contribution in [2.75, 3.05) is 13.2 Å². The fourth-order valence-corrected chi connectivity index (χ4v) is 2.65. The maximum atomic E-state index is 11.9. The molecule has 150 valence electrons. The molecule has 1 amide bonds. The summed E-state index contributed by atoms with van der Waals surface area (Å²) < 4.78 is 11.5. The number of hydrogen-bond donors (Lipinski definition) is 2. The van der Waals surface area contributed by atoms with Crippen LogP contribution in [0.1, 0.15) is 28.8 Å². The number of aromatic nitrogens is 1. The molecular formula is C23H24N2O4. The SMILES string of the molecule is O=C(NCCCCOc1ccc(OCc2ccccc2)cc1)c1ccc(=O)[nH]c1. The van der Waals surface area contributed by atoms with E-state index < -0.39 is 0 Å². The van der Waals surface area contributed by atoms with E-state index >= 15 is 0 Å². The summed E-state index contributed by atoms with van der Waals surface area (Å²) >= 11 is 0. The molecule has 6 nitrogen and oxygen atoms in total. The van der Waals surface area contributed by atoms with Crippen molar-refractivity contribution in [2.24, 2.45) is 0 Å². The molecule has 0 fully saturated rings. The van der Waals surface area contributed by atoms with E-state index in [-0.39, 0.29) is 11.5 Å². The first-order valence-electron chi connectivity index (χ1n) is 9.57. The lowest BCUT2D eigenvalue weighted by molar-refractivity contribution is 0.0952. The van der Waals surface area contributed by atoms with Crippen LogP contribution in [-0.4, -0.2) is 24.0 Å². The van der Waals surface area contributed by atoms with Crippen LogP contribution >= 0.6 is 0 Å². The number of unbranched alkanes of at least 4 members (excludes halogenated alkanes) is 1. The molecule has 3 rings (SSSR count). The molecule has 2 N–H and O–H groups in total. The van der Waals surface area contributed by atoms with Gasteiger partial charge in [0.1, 0.15) is 18.1 Å². The predicted octanol–water partition coefficient (Wildman–Crippen LogP) is 3.54. The highest BCUT2D eigenvalue weighted by molar-refractivity contribution is 5.93. The zero-order valence-electron chi connectivity index (χ0n) is 16.1. The highest BCUT2D eigenvalue weighted by Gasteiger charge is 2.04. The number of ether oxygens (including phenoxy) is 2. The van der Waals surface area contributed by atoms with Gasteiger partial charge < -0.3 is 19.8 Å². The van der Waals surface area contributed by atoms with Gasteiger partial charge in [0, 0.05) is 18.8 Å². The predicted molar refractivity (Wildman–Crippen MR) is 111 cm³/mol. The number of hydrogen-bond acceptors (Lipinski definition) is 4. The van der Waals surface area contributed by atoms with Gasteiger partial charge in [-0.1, -0.05) is 30.3 Å². The summed E-state index contributed by atoms with van der Waals surface area (Å²) in [6.45, 7) is 1.65. The number of H-pyrrole nitrogens is 1. The Morgan fingerprint density at radius 1 is 0.862 bits per heavy atom. The Bertz CT molecular complexity index is 932. The van der Waals surface area contributed by atoms with Crippen LogP contribution in [0, 0.1) is 0 Å². The van der Waals surface area contributed by atoms with E-state index in [1.54, 1.807) is 0 Å². The second-order valence-electron chi connectivity index (χ2n) is 6.50. The molecule has 0 unspecified atom stereocenters. The van der Waals surface area contributed by atoms with Crippen molar-refractivity contribution in [1.29, 1.82) is 0 Å². The van der Waals surface area contributed by atoms with Gasteiger partial charge in [-0.15, -0.1) is 0 Å². The van der Waals surface area contributed by atoms with Crippen LogP contribution in [0.5, 0.6) is 11.5 Å². The molecule has 1 heterocycles. The molecule has 1 aromatic heterocycles. The molecule has 0 spiro atoms. The molecular weight excluding hydrogens is 368 g/mol. The second-order valence-corrected chi connectivity index (χ2v) is 6.50. The molecule has 0 aliphatic heterocycles. The topological polar surface area (TPSA) is 80.4 Å². The van der Waals surface area contributed by atoms with Crippen molar-refractivity contribution in [3.05, 3.63) is 94.4 Å². The van der Waals surface area contributed by atoms with Crippen molar-refractivity contribution in [1.82, 2.24) is 10.3 Å². The standard InChI is InChI=1S/C23H24N2O4/c26-22-13-8-19(16-25-22)23(27)24-14-4-5-15-28-20-9-11-21(12-10-20)29-17-18-6-2-1-3-7-18/h1-3,6-13,16H,4-5,14-15,17H2,(H,24,27)(H,25,26). The van der Waals surface area contributed by atoms with Crippen LogP contribution in [0.15, 0.2) is 77.7 Å². The highest BCUT2D eigenvalue weighted by Crippen LogP contribution is 2.19. The summed E-state index contributed by atoms with van der Waals surface area (Å²) in [6.07, 6.45) is 3.03. The lowest BCUT2D eigenvalue weighted by atomic mass is 10.2. The van der Waals surface area contributed by atoms with Gasteiger partial charge in [0.2, 0.25) is 5.56 Å². The first kappa shape index (κ1) is 20.2. The normalized spacial score (nSPS) is 10.3. The number of carbonyl (C=O) groups is 1. The average molecular weight is 392 g/mol. The first-order valence-corrected chi connectivity index (χ1v) is 9.57. The Labute approximate surface area is 169 Å². The average Bonchev–Trinajstić information content (AvgIpc) is 2.76. The number of rotatable bonds is 10. The number of nitrogens with one attached hydrogen (secondary N) is 2. The fourth-order valence-electron chi connectivity index (χ4n) is 2.65. The van der Waals surface area contributed by atoms with Crippen LogP contribution in [0.25, 0.3) is 0 Å². The van der Waals surface area contributed by atoms with Gasteiger partial charge in [0.15, 0.2) is 0 Å². The molecule has 3 aromatic rings. The molecule has 0 atom stereocenters. The van der Waals surface area contributed by atoms with Crippen LogP contribution in [0.3, 0.4) is 0 Å². The number of benzene rings is 2. The lowest BCUT2D eigenvalue weighted by Gasteiger charge is -2.09. The van der Waals surface area contributed by atoms with E-state index in [9.17, 15) is 9.59 Å². The van der Waals surface area contributed by atoms with Crippen LogP contribution in [0.2, 0.25) is 0 Å². The van der Waals surface area contributed by atoms with E-state index in [1.165, 1.54) is 18.3 Å². The molecule has 0 radical (unpaired) electrons. The van der Waals surface area contributed by atoms with Gasteiger partial charge in [-0.2, -0.15) is 0 Å². The summed E-state index contributed by atoms with van der Waals surface area (Å²) in [5, 5.41) is 2.82. The largest absolute Gasteiger partial charge is 0.494 e. The van der Waals surface area contributed by atoms with Gasteiger partial charge in [0.25, 0.3) is 5.91 Å². The van der Waals surface area contributed by atoms with Gasteiger partial charge in [-0.05, 0) is 48.7 Å². The van der Waals surface area contributed by atoms with Gasteiger partial charge in [-0.25, -0.2) is 0 Å². The van der Waals surface area contributed by atoms with E-state index in [4.69, 9.17) is 9.47 Å². The maximum Gasteiger partial charge on any atom is 0.252 e. The Morgan fingerprint density at radius 3 is 2.28 bits per heavy atom. The fraction of sp³-hybridized carbons (Fsp3) is 0.217. The Hall–Kier alpha value is -3.54. The summed E-state index contributed by atoms with van der Waals surface area (Å²) in [7, 11) is 0. The molecule has 0 aliphatic rings. The zero-order valence-corrected chi connectivity index (χ0v) is 16.1. The van der Waals surface area contributed by atoms with Crippen molar-refractivity contribution in [2.45, 2.75) is 19.4 Å². The van der Waals surface area contributed by atoms with Crippen molar-refractivity contribution in [3.8, 4) is 11.5 Å². The maximum absolute atomic E-state index is 11.9. The summed E-state index contributed by atoms with van der Waals surface area (Å²) in [5.41, 5.74) is 1.34. The molecule has 29 heavy (non-hydrogen) atoms. The lowest BCUT2D eigenvalue weighted by Crippen LogP contribution is -2.25.